The smallest absolute Gasteiger partial charge is 0.131 e. The maximum absolute atomic E-state index is 10.1. The number of fused-ring (bicyclic) bond motifs is 6. The second-order valence-electron chi connectivity index (χ2n) is 9.03. The molecule has 2 aliphatic carbocycles. The molecule has 0 saturated heterocycles. The largest absolute Gasteiger partial charge is 0.490 e. The zero-order valence-electron chi connectivity index (χ0n) is 18.1. The summed E-state index contributed by atoms with van der Waals surface area (Å²) < 4.78 is 12.6. The van der Waals surface area contributed by atoms with Crippen LogP contribution in [0.3, 0.4) is 0 Å². The van der Waals surface area contributed by atoms with Crippen LogP contribution in [0.1, 0.15) is 75.0 Å². The summed E-state index contributed by atoms with van der Waals surface area (Å²) in [5, 5.41) is 22.4. The third kappa shape index (κ3) is 3.62. The van der Waals surface area contributed by atoms with Crippen LogP contribution in [0.5, 0.6) is 11.5 Å². The van der Waals surface area contributed by atoms with Crippen molar-refractivity contribution in [1.29, 1.82) is 0 Å². The molecule has 0 amide bonds. The van der Waals surface area contributed by atoms with Gasteiger partial charge >= 0.3 is 0 Å². The lowest BCUT2D eigenvalue weighted by atomic mass is 9.81. The Balaban J connectivity index is 1.89. The van der Waals surface area contributed by atoms with Gasteiger partial charge in [0.25, 0.3) is 0 Å². The van der Waals surface area contributed by atoms with Crippen molar-refractivity contribution < 1.29 is 19.7 Å². The van der Waals surface area contributed by atoms with Crippen LogP contribution in [0.25, 0.3) is 10.8 Å². The van der Waals surface area contributed by atoms with E-state index < -0.39 is 12.2 Å². The minimum absolute atomic E-state index is 0.312. The Kier molecular flexibility index (Phi) is 5.76. The number of rotatable bonds is 8. The van der Waals surface area contributed by atoms with Gasteiger partial charge in [-0.3, -0.25) is 0 Å². The Morgan fingerprint density at radius 3 is 2.17 bits per heavy atom. The number of aliphatic hydroxyl groups is 2. The van der Waals surface area contributed by atoms with Gasteiger partial charge in [0.1, 0.15) is 24.7 Å². The highest BCUT2D eigenvalue weighted by atomic mass is 16.5. The van der Waals surface area contributed by atoms with Gasteiger partial charge in [-0.1, -0.05) is 38.5 Å². The molecule has 2 N–H and O–H groups in total. The van der Waals surface area contributed by atoms with Gasteiger partial charge < -0.3 is 19.7 Å². The molecule has 1 saturated carbocycles. The van der Waals surface area contributed by atoms with E-state index >= 15 is 0 Å². The van der Waals surface area contributed by atoms with Crippen LogP contribution in [0.15, 0.2) is 18.2 Å². The lowest BCUT2D eigenvalue weighted by Gasteiger charge is -2.29. The molecule has 5 atom stereocenters. The summed E-state index contributed by atoms with van der Waals surface area (Å²) in [6.07, 6.45) is 2.76. The maximum Gasteiger partial charge on any atom is 0.131 e. The van der Waals surface area contributed by atoms with E-state index in [-0.39, 0.29) is 0 Å². The molecule has 0 aliphatic heterocycles. The van der Waals surface area contributed by atoms with Crippen LogP contribution in [0.2, 0.25) is 0 Å². The summed E-state index contributed by atoms with van der Waals surface area (Å²) in [6, 6.07) is 6.40. The van der Waals surface area contributed by atoms with Crippen molar-refractivity contribution in [2.45, 2.75) is 77.4 Å². The highest BCUT2D eigenvalue weighted by Gasteiger charge is 2.46. The van der Waals surface area contributed by atoms with Crippen molar-refractivity contribution in [1.82, 2.24) is 0 Å². The van der Waals surface area contributed by atoms with Gasteiger partial charge in [0.2, 0.25) is 0 Å². The summed E-state index contributed by atoms with van der Waals surface area (Å²) in [5.41, 5.74) is 3.75. The summed E-state index contributed by atoms with van der Waals surface area (Å²) in [4.78, 5) is 0. The maximum atomic E-state index is 10.1. The number of hydrogen-bond donors (Lipinski definition) is 2. The molecular formula is C25H34O4. The second-order valence-corrected chi connectivity index (χ2v) is 9.03. The molecule has 2 aromatic rings. The number of ether oxygens (including phenoxy) is 2. The fourth-order valence-corrected chi connectivity index (χ4v) is 5.14. The molecular weight excluding hydrogens is 364 g/mol. The Morgan fingerprint density at radius 2 is 1.55 bits per heavy atom. The fraction of sp³-hybridized carbons (Fsp3) is 0.600. The minimum atomic E-state index is -0.460. The van der Waals surface area contributed by atoms with E-state index in [0.29, 0.717) is 43.8 Å². The molecule has 4 heteroatoms. The topological polar surface area (TPSA) is 58.9 Å². The third-order valence-corrected chi connectivity index (χ3v) is 6.89. The molecule has 0 heterocycles. The minimum Gasteiger partial charge on any atom is -0.490 e. The zero-order chi connectivity index (χ0) is 20.7. The van der Waals surface area contributed by atoms with Crippen molar-refractivity contribution >= 4 is 10.8 Å². The van der Waals surface area contributed by atoms with E-state index in [1.54, 1.807) is 0 Å². The Hall–Kier alpha value is -1.78. The van der Waals surface area contributed by atoms with Crippen molar-refractivity contribution in [3.63, 3.8) is 0 Å². The molecule has 4 nitrogen and oxygen atoms in total. The van der Waals surface area contributed by atoms with Gasteiger partial charge in [-0.25, -0.2) is 0 Å². The van der Waals surface area contributed by atoms with Gasteiger partial charge in [0.15, 0.2) is 0 Å². The van der Waals surface area contributed by atoms with E-state index in [2.05, 4.69) is 32.0 Å². The number of aliphatic hydroxyl groups excluding tert-OH is 2. The van der Waals surface area contributed by atoms with Crippen molar-refractivity contribution in [2.75, 3.05) is 13.2 Å². The van der Waals surface area contributed by atoms with E-state index in [4.69, 9.17) is 9.47 Å². The Labute approximate surface area is 173 Å². The van der Waals surface area contributed by atoms with Gasteiger partial charge in [-0.15, -0.1) is 0 Å². The van der Waals surface area contributed by atoms with Crippen LogP contribution in [-0.4, -0.2) is 35.6 Å². The summed E-state index contributed by atoms with van der Waals surface area (Å²) in [7, 11) is 0. The lowest BCUT2D eigenvalue weighted by Crippen LogP contribution is -2.20. The summed E-state index contributed by atoms with van der Waals surface area (Å²) in [6.45, 7) is 8.99. The highest BCUT2D eigenvalue weighted by Crippen LogP contribution is 2.63. The van der Waals surface area contributed by atoms with Crippen LogP contribution >= 0.6 is 0 Å². The predicted octanol–water partition coefficient (Wildman–Crippen LogP) is 5.06. The van der Waals surface area contributed by atoms with Gasteiger partial charge in [-0.05, 0) is 56.4 Å². The Morgan fingerprint density at radius 1 is 0.931 bits per heavy atom. The third-order valence-electron chi connectivity index (χ3n) is 6.89. The number of benzene rings is 2. The SMILES string of the molecule is CCC(O)COc1c2c(c(OCC(O)CC)c3ccc(C)cc13)C1CC2CC1C. The van der Waals surface area contributed by atoms with Crippen LogP contribution in [0.4, 0.5) is 0 Å². The molecule has 2 bridgehead atoms. The van der Waals surface area contributed by atoms with E-state index in [1.807, 2.05) is 13.8 Å². The predicted molar refractivity (Wildman–Crippen MR) is 116 cm³/mol. The molecule has 1 fully saturated rings. The van der Waals surface area contributed by atoms with Crippen LogP contribution in [0, 0.1) is 12.8 Å². The molecule has 29 heavy (non-hydrogen) atoms. The number of hydrogen-bond acceptors (Lipinski definition) is 4. The quantitative estimate of drug-likeness (QED) is 0.653. The normalized spacial score (nSPS) is 24.6. The van der Waals surface area contributed by atoms with E-state index in [0.717, 1.165) is 28.7 Å². The molecule has 4 rings (SSSR count). The van der Waals surface area contributed by atoms with Crippen molar-refractivity contribution in [2.24, 2.45) is 5.92 Å². The first-order valence-corrected chi connectivity index (χ1v) is 11.2. The molecule has 0 radical (unpaired) electrons. The first-order chi connectivity index (χ1) is 13.9. The summed E-state index contributed by atoms with van der Waals surface area (Å²) >= 11 is 0. The molecule has 0 spiro atoms. The van der Waals surface area contributed by atoms with Crippen molar-refractivity contribution in [3.05, 3.63) is 34.9 Å². The van der Waals surface area contributed by atoms with Gasteiger partial charge in [0, 0.05) is 21.9 Å². The van der Waals surface area contributed by atoms with Gasteiger partial charge in [-0.2, -0.15) is 0 Å². The summed E-state index contributed by atoms with van der Waals surface area (Å²) in [5.74, 6) is 3.47. The lowest BCUT2D eigenvalue weighted by molar-refractivity contribution is 0.102. The molecule has 5 unspecified atom stereocenters. The monoisotopic (exact) mass is 398 g/mol. The molecule has 2 aromatic carbocycles. The molecule has 2 aliphatic rings. The van der Waals surface area contributed by atoms with Crippen LogP contribution in [-0.2, 0) is 0 Å². The van der Waals surface area contributed by atoms with Gasteiger partial charge in [0.05, 0.1) is 12.2 Å². The highest BCUT2D eigenvalue weighted by molar-refractivity contribution is 5.97. The van der Waals surface area contributed by atoms with E-state index in [9.17, 15) is 10.2 Å². The van der Waals surface area contributed by atoms with E-state index in [1.165, 1.54) is 23.1 Å². The number of aryl methyl sites for hydroxylation is 1. The molecule has 158 valence electrons. The Bertz CT molecular complexity index is 890. The zero-order valence-corrected chi connectivity index (χ0v) is 18.1. The van der Waals surface area contributed by atoms with Crippen LogP contribution < -0.4 is 9.47 Å². The average molecular weight is 399 g/mol. The molecule has 0 aromatic heterocycles. The standard InChI is InChI=1S/C25H34O4/c1-5-17(26)12-28-24-19-8-7-14(3)9-21(19)25(29-13-18(27)6-2)22-16-10-15(4)20(11-16)23(22)24/h7-9,15-18,20,26-27H,5-6,10-13H2,1-4H3. The van der Waals surface area contributed by atoms with Crippen molar-refractivity contribution in [3.8, 4) is 11.5 Å². The first kappa shape index (κ1) is 20.5. The average Bonchev–Trinajstić information content (AvgIpc) is 3.27. The first-order valence-electron chi connectivity index (χ1n) is 11.2. The fourth-order valence-electron chi connectivity index (χ4n) is 5.14. The second kappa shape index (κ2) is 8.16.